The number of primary amides is 1. The third-order valence-corrected chi connectivity index (χ3v) is 4.71. The van der Waals surface area contributed by atoms with Crippen LogP contribution in [0, 0.1) is 5.41 Å². The highest BCUT2D eigenvalue weighted by atomic mass is 16.5. The topological polar surface area (TPSA) is 92.9 Å². The summed E-state index contributed by atoms with van der Waals surface area (Å²) in [5, 5.41) is 9.90. The maximum absolute atomic E-state index is 12.3. The Morgan fingerprint density at radius 1 is 1.36 bits per heavy atom. The van der Waals surface area contributed by atoms with E-state index in [0.717, 1.165) is 11.3 Å². The monoisotopic (exact) mass is 304 g/mol. The van der Waals surface area contributed by atoms with Gasteiger partial charge in [-0.1, -0.05) is 18.2 Å². The zero-order valence-corrected chi connectivity index (χ0v) is 12.3. The number of ether oxygens (including phenoxy) is 1. The van der Waals surface area contributed by atoms with Crippen molar-refractivity contribution in [2.24, 2.45) is 11.1 Å². The van der Waals surface area contributed by atoms with Crippen LogP contribution in [0.2, 0.25) is 0 Å². The zero-order valence-electron chi connectivity index (χ0n) is 12.3. The van der Waals surface area contributed by atoms with Crippen LogP contribution in [0.3, 0.4) is 0 Å². The van der Waals surface area contributed by atoms with Crippen LogP contribution >= 0.6 is 0 Å². The molecule has 118 valence electrons. The van der Waals surface area contributed by atoms with Gasteiger partial charge in [-0.2, -0.15) is 0 Å². The first kappa shape index (κ1) is 14.8. The predicted octanol–water partition coefficient (Wildman–Crippen LogP) is 0.249. The zero-order chi connectivity index (χ0) is 15.7. The molecule has 0 aliphatic carbocycles. The quantitative estimate of drug-likeness (QED) is 0.834. The molecule has 3 rings (SSSR count). The van der Waals surface area contributed by atoms with E-state index in [2.05, 4.69) is 0 Å². The van der Waals surface area contributed by atoms with Crippen molar-refractivity contribution >= 4 is 11.8 Å². The van der Waals surface area contributed by atoms with Gasteiger partial charge >= 0.3 is 0 Å². The molecule has 1 fully saturated rings. The van der Waals surface area contributed by atoms with Gasteiger partial charge in [0.2, 0.25) is 11.8 Å². The number of nitrogens with two attached hydrogens (primary N) is 1. The largest absolute Gasteiger partial charge is 0.493 e. The van der Waals surface area contributed by atoms with Crippen LogP contribution in [-0.2, 0) is 9.59 Å². The molecule has 2 amide bonds. The van der Waals surface area contributed by atoms with Crippen LogP contribution in [0.15, 0.2) is 24.3 Å². The summed E-state index contributed by atoms with van der Waals surface area (Å²) in [4.78, 5) is 24.8. The number of hydrogen-bond donors (Lipinski definition) is 2. The summed E-state index contributed by atoms with van der Waals surface area (Å²) in [7, 11) is 0. The lowest BCUT2D eigenvalue weighted by Gasteiger charge is -2.37. The molecule has 6 nitrogen and oxygen atoms in total. The maximum Gasteiger partial charge on any atom is 0.223 e. The van der Waals surface area contributed by atoms with Crippen LogP contribution in [0.5, 0.6) is 5.75 Å². The van der Waals surface area contributed by atoms with E-state index < -0.39 is 11.3 Å². The molecule has 1 aromatic carbocycles. The number of carbonyl (C=O) groups is 2. The van der Waals surface area contributed by atoms with Gasteiger partial charge in [0.25, 0.3) is 0 Å². The number of amides is 2. The molecule has 0 bridgehead atoms. The second-order valence-corrected chi connectivity index (χ2v) is 6.14. The van der Waals surface area contributed by atoms with Gasteiger partial charge in [-0.25, -0.2) is 0 Å². The summed E-state index contributed by atoms with van der Waals surface area (Å²) in [6, 6.07) is 7.75. The average molecular weight is 304 g/mol. The highest BCUT2D eigenvalue weighted by Gasteiger charge is 2.51. The molecular formula is C16H20N2O4. The van der Waals surface area contributed by atoms with Gasteiger partial charge in [-0.15, -0.1) is 0 Å². The van der Waals surface area contributed by atoms with E-state index in [1.54, 1.807) is 4.90 Å². The normalized spacial score (nSPS) is 26.0. The van der Waals surface area contributed by atoms with Crippen LogP contribution in [0.1, 0.15) is 24.3 Å². The first-order chi connectivity index (χ1) is 10.6. The number of nitrogens with zero attached hydrogens (tertiary/aromatic N) is 1. The smallest absolute Gasteiger partial charge is 0.223 e. The number of aliphatic hydroxyl groups excluding tert-OH is 1. The highest BCUT2D eigenvalue weighted by molar-refractivity contribution is 5.83. The maximum atomic E-state index is 12.3. The Balaban J connectivity index is 1.82. The molecule has 2 aliphatic heterocycles. The van der Waals surface area contributed by atoms with Crippen molar-refractivity contribution in [1.29, 1.82) is 0 Å². The van der Waals surface area contributed by atoms with E-state index >= 15 is 0 Å². The summed E-state index contributed by atoms with van der Waals surface area (Å²) >= 11 is 0. The van der Waals surface area contributed by atoms with Crippen LogP contribution in [-0.4, -0.2) is 48.1 Å². The Morgan fingerprint density at radius 3 is 2.86 bits per heavy atom. The van der Waals surface area contributed by atoms with Crippen molar-refractivity contribution in [3.63, 3.8) is 0 Å². The Kier molecular flexibility index (Phi) is 3.78. The summed E-state index contributed by atoms with van der Waals surface area (Å²) in [5.41, 5.74) is 5.68. The molecule has 3 N–H and O–H groups in total. The lowest BCUT2D eigenvalue weighted by molar-refractivity contribution is -0.132. The Labute approximate surface area is 128 Å². The Bertz CT molecular complexity index is 604. The molecule has 0 spiro atoms. The molecule has 2 heterocycles. The summed E-state index contributed by atoms with van der Waals surface area (Å²) in [6.45, 7) is 1.34. The molecule has 1 saturated heterocycles. The second-order valence-electron chi connectivity index (χ2n) is 6.14. The summed E-state index contributed by atoms with van der Waals surface area (Å²) in [5.74, 6) is 0.303. The van der Waals surface area contributed by atoms with E-state index in [1.165, 1.54) is 0 Å². The van der Waals surface area contributed by atoms with Gasteiger partial charge in [0.05, 0.1) is 18.6 Å². The van der Waals surface area contributed by atoms with Gasteiger partial charge in [0, 0.05) is 31.8 Å². The molecule has 6 heteroatoms. The number of para-hydroxylation sites is 1. The fourth-order valence-electron chi connectivity index (χ4n) is 3.45. The number of carbonyl (C=O) groups excluding carboxylic acids is 2. The molecule has 1 aromatic rings. The fraction of sp³-hybridized carbons (Fsp3) is 0.500. The Morgan fingerprint density at radius 2 is 2.14 bits per heavy atom. The third-order valence-electron chi connectivity index (χ3n) is 4.71. The van der Waals surface area contributed by atoms with E-state index in [4.69, 9.17) is 10.5 Å². The first-order valence-corrected chi connectivity index (χ1v) is 7.44. The van der Waals surface area contributed by atoms with Crippen molar-refractivity contribution in [2.75, 3.05) is 26.3 Å². The molecule has 0 saturated carbocycles. The summed E-state index contributed by atoms with van der Waals surface area (Å²) in [6.07, 6.45) is 0.172. The van der Waals surface area contributed by atoms with Crippen LogP contribution in [0.4, 0.5) is 0 Å². The van der Waals surface area contributed by atoms with Crippen LogP contribution in [0.25, 0.3) is 0 Å². The lowest BCUT2D eigenvalue weighted by atomic mass is 9.74. The number of fused-ring (bicyclic) bond motifs is 3. The molecule has 0 aromatic heterocycles. The van der Waals surface area contributed by atoms with Crippen molar-refractivity contribution in [2.45, 2.75) is 18.8 Å². The minimum Gasteiger partial charge on any atom is -0.493 e. The average Bonchev–Trinajstić information content (AvgIpc) is 2.93. The number of likely N-dealkylation sites (tertiary alicyclic amines) is 1. The fourth-order valence-corrected chi connectivity index (χ4v) is 3.45. The lowest BCUT2D eigenvalue weighted by Crippen LogP contribution is -2.42. The minimum absolute atomic E-state index is 0.0361. The predicted molar refractivity (Wildman–Crippen MR) is 79.2 cm³/mol. The van der Waals surface area contributed by atoms with E-state index in [0.29, 0.717) is 19.7 Å². The van der Waals surface area contributed by atoms with E-state index in [9.17, 15) is 14.7 Å². The standard InChI is InChI=1S/C16H20N2O4/c17-14(20)5-6-15(21)18-7-12-11-3-1-2-4-13(11)22-10-16(12,8-18)9-19/h1-4,12,19H,5-10H2,(H2,17,20)/t12-,16-/m1/s1. The number of rotatable bonds is 4. The Hall–Kier alpha value is -2.08. The number of benzene rings is 1. The first-order valence-electron chi connectivity index (χ1n) is 7.44. The van der Waals surface area contributed by atoms with Gasteiger partial charge < -0.3 is 20.5 Å². The molecule has 22 heavy (non-hydrogen) atoms. The molecular weight excluding hydrogens is 284 g/mol. The van der Waals surface area contributed by atoms with Crippen molar-refractivity contribution in [3.8, 4) is 5.75 Å². The third kappa shape index (κ3) is 2.43. The van der Waals surface area contributed by atoms with Gasteiger partial charge in [-0.3, -0.25) is 9.59 Å². The number of aliphatic hydroxyl groups is 1. The van der Waals surface area contributed by atoms with E-state index in [-0.39, 0.29) is 31.3 Å². The van der Waals surface area contributed by atoms with Crippen molar-refractivity contribution in [3.05, 3.63) is 29.8 Å². The SMILES string of the molecule is NC(=O)CCC(=O)N1C[C@@H]2c3ccccc3OC[C@]2(CO)C1. The van der Waals surface area contributed by atoms with Crippen molar-refractivity contribution < 1.29 is 19.4 Å². The van der Waals surface area contributed by atoms with Crippen molar-refractivity contribution in [1.82, 2.24) is 4.90 Å². The van der Waals surface area contributed by atoms with E-state index in [1.807, 2.05) is 24.3 Å². The van der Waals surface area contributed by atoms with Crippen LogP contribution < -0.4 is 10.5 Å². The molecule has 2 atom stereocenters. The molecule has 0 radical (unpaired) electrons. The van der Waals surface area contributed by atoms with Gasteiger partial charge in [0.15, 0.2) is 0 Å². The van der Waals surface area contributed by atoms with Gasteiger partial charge in [-0.05, 0) is 11.6 Å². The highest BCUT2D eigenvalue weighted by Crippen LogP contribution is 2.49. The molecule has 2 aliphatic rings. The number of hydrogen-bond acceptors (Lipinski definition) is 4. The second kappa shape index (κ2) is 5.61. The molecule has 0 unspecified atom stereocenters. The minimum atomic E-state index is -0.476. The summed E-state index contributed by atoms with van der Waals surface area (Å²) < 4.78 is 5.79. The van der Waals surface area contributed by atoms with Gasteiger partial charge in [0.1, 0.15) is 5.75 Å².